The molecule has 1 aliphatic rings. The smallest absolute Gasteiger partial charge is 0.223 e. The maximum absolute atomic E-state index is 11.5. The number of nitrogens with one attached hydrogen (secondary N) is 1. The summed E-state index contributed by atoms with van der Waals surface area (Å²) in [4.78, 5) is 11.5. The lowest BCUT2D eigenvalue weighted by Crippen LogP contribution is -2.39. The molecule has 2 atom stereocenters. The zero-order chi connectivity index (χ0) is 9.68. The van der Waals surface area contributed by atoms with E-state index in [2.05, 4.69) is 19.2 Å². The van der Waals surface area contributed by atoms with E-state index in [9.17, 15) is 4.79 Å². The van der Waals surface area contributed by atoms with Gasteiger partial charge in [0.1, 0.15) is 0 Å². The number of hydrogen-bond acceptors (Lipinski definition) is 1. The highest BCUT2D eigenvalue weighted by atomic mass is 16.1. The topological polar surface area (TPSA) is 29.1 Å². The molecule has 0 radical (unpaired) electrons. The lowest BCUT2D eigenvalue weighted by molar-refractivity contribution is -0.128. The molecule has 0 aromatic heterocycles. The van der Waals surface area contributed by atoms with Crippen molar-refractivity contribution >= 4 is 5.91 Å². The fourth-order valence-corrected chi connectivity index (χ4v) is 2.07. The molecule has 2 heteroatoms. The van der Waals surface area contributed by atoms with Crippen LogP contribution in [0, 0.1) is 11.8 Å². The average molecular weight is 183 g/mol. The molecule has 0 aromatic carbocycles. The third-order valence-corrected chi connectivity index (χ3v) is 3.03. The van der Waals surface area contributed by atoms with Crippen molar-refractivity contribution in [1.82, 2.24) is 5.32 Å². The Balaban J connectivity index is 2.34. The minimum Gasteiger partial charge on any atom is -0.356 e. The zero-order valence-corrected chi connectivity index (χ0v) is 8.81. The summed E-state index contributed by atoms with van der Waals surface area (Å²) >= 11 is 0. The van der Waals surface area contributed by atoms with Crippen molar-refractivity contribution in [3.05, 3.63) is 0 Å². The summed E-state index contributed by atoms with van der Waals surface area (Å²) in [6, 6.07) is 0. The SMILES string of the molecule is CCCCC(C)C1CCCNC1=O. The average Bonchev–Trinajstić information content (AvgIpc) is 2.15. The summed E-state index contributed by atoms with van der Waals surface area (Å²) in [5.74, 6) is 1.15. The van der Waals surface area contributed by atoms with Gasteiger partial charge < -0.3 is 5.32 Å². The molecular formula is C11H21NO. The number of amides is 1. The van der Waals surface area contributed by atoms with E-state index in [1.165, 1.54) is 19.3 Å². The van der Waals surface area contributed by atoms with Crippen LogP contribution in [0.3, 0.4) is 0 Å². The number of carbonyl (C=O) groups excluding carboxylic acids is 1. The van der Waals surface area contributed by atoms with Crippen LogP contribution in [0.25, 0.3) is 0 Å². The van der Waals surface area contributed by atoms with Crippen molar-refractivity contribution in [2.45, 2.75) is 46.0 Å². The fraction of sp³-hybridized carbons (Fsp3) is 0.909. The van der Waals surface area contributed by atoms with Gasteiger partial charge in [0.25, 0.3) is 0 Å². The summed E-state index contributed by atoms with van der Waals surface area (Å²) in [7, 11) is 0. The molecule has 0 spiro atoms. The lowest BCUT2D eigenvalue weighted by Gasteiger charge is -2.27. The van der Waals surface area contributed by atoms with E-state index in [0.717, 1.165) is 19.4 Å². The standard InChI is InChI=1S/C11H21NO/c1-3-4-6-9(2)10-7-5-8-12-11(10)13/h9-10H,3-8H2,1-2H3,(H,12,13). The minimum atomic E-state index is 0.287. The fourth-order valence-electron chi connectivity index (χ4n) is 2.07. The van der Waals surface area contributed by atoms with Crippen molar-refractivity contribution in [1.29, 1.82) is 0 Å². The first kappa shape index (κ1) is 10.6. The van der Waals surface area contributed by atoms with Crippen LogP contribution in [0.2, 0.25) is 0 Å². The Morgan fingerprint density at radius 2 is 2.38 bits per heavy atom. The van der Waals surface area contributed by atoms with Gasteiger partial charge in [-0.2, -0.15) is 0 Å². The molecule has 13 heavy (non-hydrogen) atoms. The van der Waals surface area contributed by atoms with Gasteiger partial charge in [-0.1, -0.05) is 26.7 Å². The second-order valence-corrected chi connectivity index (χ2v) is 4.16. The molecule has 0 bridgehead atoms. The van der Waals surface area contributed by atoms with Gasteiger partial charge in [0.2, 0.25) is 5.91 Å². The first-order chi connectivity index (χ1) is 6.25. The molecule has 76 valence electrons. The Bertz CT molecular complexity index is 167. The molecule has 2 unspecified atom stereocenters. The minimum absolute atomic E-state index is 0.287. The van der Waals surface area contributed by atoms with Crippen LogP contribution in [0.5, 0.6) is 0 Å². The molecular weight excluding hydrogens is 162 g/mol. The van der Waals surface area contributed by atoms with Gasteiger partial charge in [-0.25, -0.2) is 0 Å². The van der Waals surface area contributed by atoms with Crippen molar-refractivity contribution < 1.29 is 4.79 Å². The third-order valence-electron chi connectivity index (χ3n) is 3.03. The van der Waals surface area contributed by atoms with Crippen molar-refractivity contribution in [2.75, 3.05) is 6.54 Å². The third kappa shape index (κ3) is 3.02. The molecule has 1 fully saturated rings. The Morgan fingerprint density at radius 3 is 3.00 bits per heavy atom. The highest BCUT2D eigenvalue weighted by molar-refractivity contribution is 5.79. The Morgan fingerprint density at radius 1 is 1.62 bits per heavy atom. The second-order valence-electron chi connectivity index (χ2n) is 4.16. The van der Waals surface area contributed by atoms with Gasteiger partial charge in [-0.05, 0) is 25.2 Å². The predicted octanol–water partition coefficient (Wildman–Crippen LogP) is 2.34. The summed E-state index contributed by atoms with van der Waals surface area (Å²) in [6.45, 7) is 5.30. The highest BCUT2D eigenvalue weighted by Gasteiger charge is 2.26. The summed E-state index contributed by atoms with van der Waals surface area (Å²) < 4.78 is 0. The largest absolute Gasteiger partial charge is 0.356 e. The Labute approximate surface area is 81.1 Å². The van der Waals surface area contributed by atoms with Crippen molar-refractivity contribution in [3.63, 3.8) is 0 Å². The molecule has 1 rings (SSSR count). The maximum atomic E-state index is 11.5. The molecule has 1 aliphatic heterocycles. The van der Waals surface area contributed by atoms with E-state index in [1.54, 1.807) is 0 Å². The van der Waals surface area contributed by atoms with Gasteiger partial charge in [0.15, 0.2) is 0 Å². The second kappa shape index (κ2) is 5.25. The molecule has 1 saturated heterocycles. The summed E-state index contributed by atoms with van der Waals surface area (Å²) in [5, 5.41) is 2.95. The van der Waals surface area contributed by atoms with Crippen LogP contribution in [0.4, 0.5) is 0 Å². The number of hydrogen-bond donors (Lipinski definition) is 1. The van der Waals surface area contributed by atoms with E-state index in [4.69, 9.17) is 0 Å². The Hall–Kier alpha value is -0.530. The molecule has 0 aliphatic carbocycles. The first-order valence-electron chi connectivity index (χ1n) is 5.53. The van der Waals surface area contributed by atoms with Crippen molar-refractivity contribution in [3.8, 4) is 0 Å². The highest BCUT2D eigenvalue weighted by Crippen LogP contribution is 2.24. The van der Waals surface area contributed by atoms with E-state index < -0.39 is 0 Å². The molecule has 1 N–H and O–H groups in total. The quantitative estimate of drug-likeness (QED) is 0.712. The molecule has 1 amide bonds. The van der Waals surface area contributed by atoms with E-state index in [0.29, 0.717) is 11.8 Å². The zero-order valence-electron chi connectivity index (χ0n) is 8.81. The summed E-state index contributed by atoms with van der Waals surface area (Å²) in [6.07, 6.45) is 5.95. The van der Waals surface area contributed by atoms with Crippen LogP contribution >= 0.6 is 0 Å². The van der Waals surface area contributed by atoms with Crippen LogP contribution in [-0.2, 0) is 4.79 Å². The first-order valence-corrected chi connectivity index (χ1v) is 5.53. The number of unbranched alkanes of at least 4 members (excludes halogenated alkanes) is 1. The van der Waals surface area contributed by atoms with Gasteiger partial charge in [-0.3, -0.25) is 4.79 Å². The molecule has 1 heterocycles. The predicted molar refractivity (Wildman–Crippen MR) is 54.4 cm³/mol. The molecule has 2 nitrogen and oxygen atoms in total. The Kier molecular flexibility index (Phi) is 4.26. The van der Waals surface area contributed by atoms with Crippen LogP contribution in [0.15, 0.2) is 0 Å². The van der Waals surface area contributed by atoms with Gasteiger partial charge in [0.05, 0.1) is 0 Å². The molecule has 0 saturated carbocycles. The van der Waals surface area contributed by atoms with E-state index >= 15 is 0 Å². The number of rotatable bonds is 4. The van der Waals surface area contributed by atoms with Gasteiger partial charge >= 0.3 is 0 Å². The van der Waals surface area contributed by atoms with Crippen LogP contribution in [-0.4, -0.2) is 12.5 Å². The normalized spacial score (nSPS) is 25.4. The van der Waals surface area contributed by atoms with Crippen molar-refractivity contribution in [2.24, 2.45) is 11.8 Å². The van der Waals surface area contributed by atoms with Crippen LogP contribution in [0.1, 0.15) is 46.0 Å². The van der Waals surface area contributed by atoms with Gasteiger partial charge in [-0.15, -0.1) is 0 Å². The van der Waals surface area contributed by atoms with E-state index in [1.807, 2.05) is 0 Å². The monoisotopic (exact) mass is 183 g/mol. The lowest BCUT2D eigenvalue weighted by atomic mass is 9.84. The summed E-state index contributed by atoms with van der Waals surface area (Å²) in [5.41, 5.74) is 0. The van der Waals surface area contributed by atoms with Crippen LogP contribution < -0.4 is 5.32 Å². The maximum Gasteiger partial charge on any atom is 0.223 e. The van der Waals surface area contributed by atoms with E-state index in [-0.39, 0.29) is 5.91 Å². The number of carbonyl (C=O) groups is 1. The molecule has 0 aromatic rings. The van der Waals surface area contributed by atoms with Gasteiger partial charge in [0, 0.05) is 12.5 Å². The number of piperidine rings is 1.